The first kappa shape index (κ1) is 8.07. The van der Waals surface area contributed by atoms with Crippen LogP contribution in [0.2, 0.25) is 0 Å². The molecule has 4 heteroatoms. The van der Waals surface area contributed by atoms with E-state index in [9.17, 15) is 0 Å². The highest BCUT2D eigenvalue weighted by atomic mass is 15.3. The Kier molecular flexibility index (Phi) is 2.92. The van der Waals surface area contributed by atoms with Crippen LogP contribution in [0.4, 0.5) is 5.69 Å². The van der Waals surface area contributed by atoms with Gasteiger partial charge >= 0.3 is 0 Å². The number of hydrogen-bond donors (Lipinski definition) is 2. The van der Waals surface area contributed by atoms with E-state index in [1.54, 1.807) is 0 Å². The standard InChI is InChI=1S/C7H14N4/c1-8-3-4-11-6-7(9-2)5-10-11/h5-6,8-9H,3-4H2,1-2H3. The molecule has 0 radical (unpaired) electrons. The number of anilines is 1. The van der Waals surface area contributed by atoms with Crippen molar-refractivity contribution in [2.24, 2.45) is 0 Å². The molecule has 62 valence electrons. The highest BCUT2D eigenvalue weighted by Gasteiger charge is 1.93. The van der Waals surface area contributed by atoms with Crippen LogP contribution in [-0.4, -0.2) is 30.4 Å². The summed E-state index contributed by atoms with van der Waals surface area (Å²) in [6.45, 7) is 1.86. The number of rotatable bonds is 4. The van der Waals surface area contributed by atoms with Gasteiger partial charge in [0.1, 0.15) is 0 Å². The van der Waals surface area contributed by atoms with Gasteiger partial charge in [-0.25, -0.2) is 0 Å². The summed E-state index contributed by atoms with van der Waals surface area (Å²) in [5.41, 5.74) is 1.06. The highest BCUT2D eigenvalue weighted by molar-refractivity contribution is 5.36. The zero-order chi connectivity index (χ0) is 8.10. The van der Waals surface area contributed by atoms with Crippen LogP contribution >= 0.6 is 0 Å². The molecule has 1 rings (SSSR count). The van der Waals surface area contributed by atoms with Gasteiger partial charge < -0.3 is 10.6 Å². The summed E-state index contributed by atoms with van der Waals surface area (Å²) < 4.78 is 1.91. The molecule has 11 heavy (non-hydrogen) atoms. The number of likely N-dealkylation sites (N-methyl/N-ethyl adjacent to an activating group) is 1. The molecule has 0 aliphatic heterocycles. The molecule has 0 amide bonds. The molecule has 1 aromatic rings. The lowest BCUT2D eigenvalue weighted by atomic mass is 10.6. The molecular weight excluding hydrogens is 140 g/mol. The Hall–Kier alpha value is -1.03. The summed E-state index contributed by atoms with van der Waals surface area (Å²) in [4.78, 5) is 0. The van der Waals surface area contributed by atoms with E-state index in [-0.39, 0.29) is 0 Å². The first-order chi connectivity index (χ1) is 5.36. The first-order valence-electron chi connectivity index (χ1n) is 3.71. The summed E-state index contributed by atoms with van der Waals surface area (Å²) in [7, 11) is 3.82. The lowest BCUT2D eigenvalue weighted by Gasteiger charge is -1.98. The number of nitrogens with one attached hydrogen (secondary N) is 2. The van der Waals surface area contributed by atoms with Crippen molar-refractivity contribution in [2.45, 2.75) is 6.54 Å². The second kappa shape index (κ2) is 3.98. The molecule has 0 atom stereocenters. The Labute approximate surface area is 66.6 Å². The van der Waals surface area contributed by atoms with Crippen molar-refractivity contribution in [3.05, 3.63) is 12.4 Å². The van der Waals surface area contributed by atoms with Crippen LogP contribution in [0.1, 0.15) is 0 Å². The van der Waals surface area contributed by atoms with E-state index >= 15 is 0 Å². The van der Waals surface area contributed by atoms with E-state index in [2.05, 4.69) is 15.7 Å². The molecule has 1 heterocycles. The number of hydrogen-bond acceptors (Lipinski definition) is 3. The molecule has 1 aromatic heterocycles. The maximum atomic E-state index is 4.14. The predicted molar refractivity (Wildman–Crippen MR) is 45.7 cm³/mol. The van der Waals surface area contributed by atoms with Crippen molar-refractivity contribution in [1.82, 2.24) is 15.1 Å². The Morgan fingerprint density at radius 1 is 1.55 bits per heavy atom. The van der Waals surface area contributed by atoms with Gasteiger partial charge in [0.25, 0.3) is 0 Å². The molecule has 0 unspecified atom stereocenters. The van der Waals surface area contributed by atoms with E-state index in [1.165, 1.54) is 0 Å². The average Bonchev–Trinajstić information content (AvgIpc) is 2.48. The molecule has 4 nitrogen and oxygen atoms in total. The Morgan fingerprint density at radius 3 is 2.91 bits per heavy atom. The van der Waals surface area contributed by atoms with Gasteiger partial charge in [0.2, 0.25) is 0 Å². The number of nitrogens with zero attached hydrogens (tertiary/aromatic N) is 2. The smallest absolute Gasteiger partial charge is 0.0723 e. The maximum absolute atomic E-state index is 4.14. The normalized spacial score (nSPS) is 10.0. The SMILES string of the molecule is CNCCn1cc(NC)cn1. The van der Waals surface area contributed by atoms with Gasteiger partial charge in [0.15, 0.2) is 0 Å². The summed E-state index contributed by atoms with van der Waals surface area (Å²) in [5, 5.41) is 10.2. The van der Waals surface area contributed by atoms with Crippen LogP contribution in [0.5, 0.6) is 0 Å². The Morgan fingerprint density at radius 2 is 2.36 bits per heavy atom. The van der Waals surface area contributed by atoms with Crippen LogP contribution in [0.3, 0.4) is 0 Å². The summed E-state index contributed by atoms with van der Waals surface area (Å²) >= 11 is 0. The van der Waals surface area contributed by atoms with E-state index < -0.39 is 0 Å². The van der Waals surface area contributed by atoms with Gasteiger partial charge in [-0.15, -0.1) is 0 Å². The summed E-state index contributed by atoms with van der Waals surface area (Å²) in [5.74, 6) is 0. The molecule has 0 spiro atoms. The molecule has 0 fully saturated rings. The zero-order valence-corrected chi connectivity index (χ0v) is 6.96. The van der Waals surface area contributed by atoms with Crippen molar-refractivity contribution in [2.75, 3.05) is 26.0 Å². The third-order valence-corrected chi connectivity index (χ3v) is 1.51. The van der Waals surface area contributed by atoms with Crippen molar-refractivity contribution in [3.63, 3.8) is 0 Å². The second-order valence-electron chi connectivity index (χ2n) is 2.35. The Bertz CT molecular complexity index is 206. The van der Waals surface area contributed by atoms with Crippen molar-refractivity contribution < 1.29 is 0 Å². The topological polar surface area (TPSA) is 41.9 Å². The monoisotopic (exact) mass is 154 g/mol. The lowest BCUT2D eigenvalue weighted by molar-refractivity contribution is 0.585. The Balaban J connectivity index is 2.44. The van der Waals surface area contributed by atoms with Crippen LogP contribution in [0.25, 0.3) is 0 Å². The molecule has 0 saturated carbocycles. The lowest BCUT2D eigenvalue weighted by Crippen LogP contribution is -2.14. The maximum Gasteiger partial charge on any atom is 0.0723 e. The molecule has 0 bridgehead atoms. The molecule has 0 saturated heterocycles. The highest BCUT2D eigenvalue weighted by Crippen LogP contribution is 2.01. The van der Waals surface area contributed by atoms with Crippen molar-refractivity contribution in [3.8, 4) is 0 Å². The molecule has 2 N–H and O–H groups in total. The largest absolute Gasteiger partial charge is 0.386 e. The van der Waals surface area contributed by atoms with E-state index in [0.29, 0.717) is 0 Å². The fourth-order valence-electron chi connectivity index (χ4n) is 0.841. The third kappa shape index (κ3) is 2.23. The van der Waals surface area contributed by atoms with Crippen LogP contribution in [0, 0.1) is 0 Å². The summed E-state index contributed by atoms with van der Waals surface area (Å²) in [6.07, 6.45) is 3.80. The van der Waals surface area contributed by atoms with E-state index in [1.807, 2.05) is 31.2 Å². The van der Waals surface area contributed by atoms with Gasteiger partial charge in [-0.1, -0.05) is 0 Å². The minimum Gasteiger partial charge on any atom is -0.386 e. The molecule has 0 aromatic carbocycles. The zero-order valence-electron chi connectivity index (χ0n) is 6.96. The first-order valence-corrected chi connectivity index (χ1v) is 3.71. The van der Waals surface area contributed by atoms with Crippen LogP contribution in [0.15, 0.2) is 12.4 Å². The molecular formula is C7H14N4. The van der Waals surface area contributed by atoms with E-state index in [4.69, 9.17) is 0 Å². The molecule has 0 aliphatic carbocycles. The fourth-order valence-corrected chi connectivity index (χ4v) is 0.841. The minimum atomic E-state index is 0.915. The van der Waals surface area contributed by atoms with Crippen molar-refractivity contribution in [1.29, 1.82) is 0 Å². The van der Waals surface area contributed by atoms with E-state index in [0.717, 1.165) is 18.8 Å². The second-order valence-corrected chi connectivity index (χ2v) is 2.35. The van der Waals surface area contributed by atoms with Gasteiger partial charge in [-0.05, 0) is 7.05 Å². The van der Waals surface area contributed by atoms with Gasteiger partial charge in [-0.2, -0.15) is 5.10 Å². The van der Waals surface area contributed by atoms with Crippen LogP contribution in [-0.2, 0) is 6.54 Å². The number of aromatic nitrogens is 2. The average molecular weight is 154 g/mol. The van der Waals surface area contributed by atoms with Crippen molar-refractivity contribution >= 4 is 5.69 Å². The minimum absolute atomic E-state index is 0.915. The third-order valence-electron chi connectivity index (χ3n) is 1.51. The summed E-state index contributed by atoms with van der Waals surface area (Å²) in [6, 6.07) is 0. The fraction of sp³-hybridized carbons (Fsp3) is 0.571. The quantitative estimate of drug-likeness (QED) is 0.648. The predicted octanol–water partition coefficient (Wildman–Crippen LogP) is 0.144. The molecule has 0 aliphatic rings. The van der Waals surface area contributed by atoms with Crippen LogP contribution < -0.4 is 10.6 Å². The van der Waals surface area contributed by atoms with Gasteiger partial charge in [0, 0.05) is 19.8 Å². The van der Waals surface area contributed by atoms with Gasteiger partial charge in [-0.3, -0.25) is 4.68 Å². The van der Waals surface area contributed by atoms with Gasteiger partial charge in [0.05, 0.1) is 18.4 Å².